The molecule has 0 amide bonds. The summed E-state index contributed by atoms with van der Waals surface area (Å²) in [5, 5.41) is 4.24. The SMILES string of the molecule is Cc1cc(-c2ccc3c(c2)c2ccccc2n3-c2ccc(-c3nc(-c4ccccc4)cc(-c4ccccc4)n3)cc2-c2ccccc2-n2c3ccccc3c3ccccc32)cc(C(F)(F)F)c1. The Bertz CT molecular complexity index is 3750. The Balaban J connectivity index is 1.14. The van der Waals surface area contributed by atoms with E-state index in [0.717, 1.165) is 94.2 Å². The van der Waals surface area contributed by atoms with Crippen LogP contribution in [0.2, 0.25) is 0 Å². The largest absolute Gasteiger partial charge is 0.416 e. The van der Waals surface area contributed by atoms with Crippen molar-refractivity contribution < 1.29 is 13.2 Å². The normalized spacial score (nSPS) is 11.9. The van der Waals surface area contributed by atoms with Gasteiger partial charge in [0.05, 0.1) is 50.4 Å². The van der Waals surface area contributed by atoms with E-state index in [9.17, 15) is 13.2 Å². The van der Waals surface area contributed by atoms with Gasteiger partial charge >= 0.3 is 6.18 Å². The second-order valence-corrected chi connectivity index (χ2v) is 17.0. The standard InChI is InChI=1S/C60H39F3N4/c1-38-32-43(34-44(33-38)60(61,62)63)41-28-30-57-49(35-41)47-22-10-15-27-56(47)67(57)58-31-29-42(59-64-51(39-16-4-2-5-17-39)37-52(65-59)40-18-6-3-7-19-40)36-50(58)48-23-11-14-26-55(48)66-53-24-12-8-20-45(53)46-21-9-13-25-54(46)66/h2-37H,1H3. The van der Waals surface area contributed by atoms with Crippen LogP contribution in [0.1, 0.15) is 11.1 Å². The summed E-state index contributed by atoms with van der Waals surface area (Å²) in [5.74, 6) is 0.589. The third-order valence-electron chi connectivity index (χ3n) is 12.8. The molecule has 67 heavy (non-hydrogen) atoms. The van der Waals surface area contributed by atoms with E-state index in [0.29, 0.717) is 22.5 Å². The Kier molecular flexibility index (Phi) is 9.47. The molecule has 0 aliphatic rings. The fourth-order valence-electron chi connectivity index (χ4n) is 9.78. The van der Waals surface area contributed by atoms with E-state index in [1.165, 1.54) is 12.1 Å². The minimum atomic E-state index is -4.46. The number of aromatic nitrogens is 4. The van der Waals surface area contributed by atoms with Crippen LogP contribution in [0.4, 0.5) is 13.2 Å². The second-order valence-electron chi connectivity index (χ2n) is 17.0. The first-order valence-corrected chi connectivity index (χ1v) is 22.2. The summed E-state index contributed by atoms with van der Waals surface area (Å²) < 4.78 is 46.9. The number of alkyl halides is 3. The van der Waals surface area contributed by atoms with Crippen molar-refractivity contribution in [2.45, 2.75) is 13.1 Å². The molecule has 0 saturated heterocycles. The molecule has 0 spiro atoms. The van der Waals surface area contributed by atoms with Crippen molar-refractivity contribution in [3.8, 4) is 67.5 Å². The van der Waals surface area contributed by atoms with Crippen LogP contribution in [0.15, 0.2) is 218 Å². The van der Waals surface area contributed by atoms with Gasteiger partial charge in [0.1, 0.15) is 0 Å². The molecule has 7 heteroatoms. The van der Waals surface area contributed by atoms with Gasteiger partial charge in [0.15, 0.2) is 5.82 Å². The summed E-state index contributed by atoms with van der Waals surface area (Å²) in [7, 11) is 0. The summed E-state index contributed by atoms with van der Waals surface area (Å²) in [5.41, 5.74) is 13.5. The maximum Gasteiger partial charge on any atom is 0.416 e. The molecular formula is C60H39F3N4. The van der Waals surface area contributed by atoms with Crippen molar-refractivity contribution in [2.75, 3.05) is 0 Å². The van der Waals surface area contributed by atoms with Gasteiger partial charge in [-0.15, -0.1) is 0 Å². The second kappa shape index (κ2) is 15.9. The molecule has 12 aromatic rings. The van der Waals surface area contributed by atoms with Crippen molar-refractivity contribution in [3.05, 3.63) is 230 Å². The molecule has 0 radical (unpaired) electrons. The summed E-state index contributed by atoms with van der Waals surface area (Å²) in [4.78, 5) is 10.5. The van der Waals surface area contributed by atoms with Gasteiger partial charge < -0.3 is 9.13 Å². The third-order valence-corrected chi connectivity index (χ3v) is 12.8. The molecule has 0 N–H and O–H groups in total. The van der Waals surface area contributed by atoms with Crippen LogP contribution in [0.5, 0.6) is 0 Å². The summed E-state index contributed by atoms with van der Waals surface area (Å²) >= 11 is 0. The fourth-order valence-corrected chi connectivity index (χ4v) is 9.78. The van der Waals surface area contributed by atoms with Crippen LogP contribution in [-0.2, 0) is 6.18 Å². The van der Waals surface area contributed by atoms with Gasteiger partial charge in [-0.1, -0.05) is 146 Å². The molecule has 0 atom stereocenters. The number of halogens is 3. The molecule has 9 aromatic carbocycles. The van der Waals surface area contributed by atoms with Gasteiger partial charge in [-0.25, -0.2) is 9.97 Å². The Morgan fingerprint density at radius 2 is 0.851 bits per heavy atom. The summed E-state index contributed by atoms with van der Waals surface area (Å²) in [6.07, 6.45) is -4.46. The van der Waals surface area contributed by atoms with Gasteiger partial charge in [0.25, 0.3) is 0 Å². The highest BCUT2D eigenvalue weighted by Gasteiger charge is 2.31. The molecule has 320 valence electrons. The molecule has 12 rings (SSSR count). The molecule has 0 saturated carbocycles. The molecule has 0 fully saturated rings. The number of nitrogens with zero attached hydrogens (tertiary/aromatic N) is 4. The average Bonchev–Trinajstić information content (AvgIpc) is 3.88. The highest BCUT2D eigenvalue weighted by atomic mass is 19.4. The Hall–Kier alpha value is -8.55. The smallest absolute Gasteiger partial charge is 0.309 e. The highest BCUT2D eigenvalue weighted by molar-refractivity contribution is 6.12. The zero-order valence-electron chi connectivity index (χ0n) is 36.2. The number of hydrogen-bond donors (Lipinski definition) is 0. The maximum atomic E-state index is 14.1. The zero-order chi connectivity index (χ0) is 45.2. The lowest BCUT2D eigenvalue weighted by molar-refractivity contribution is -0.137. The highest BCUT2D eigenvalue weighted by Crippen LogP contribution is 2.43. The molecule has 0 unspecified atom stereocenters. The quantitative estimate of drug-likeness (QED) is 0.160. The van der Waals surface area contributed by atoms with E-state index >= 15 is 0 Å². The predicted molar refractivity (Wildman–Crippen MR) is 268 cm³/mol. The minimum absolute atomic E-state index is 0.517. The number of benzene rings is 9. The number of aryl methyl sites for hydroxylation is 1. The first kappa shape index (κ1) is 40.0. The van der Waals surface area contributed by atoms with Gasteiger partial charge in [-0.05, 0) is 96.4 Å². The Labute approximate surface area is 384 Å². The number of fused-ring (bicyclic) bond motifs is 6. The third kappa shape index (κ3) is 6.95. The van der Waals surface area contributed by atoms with E-state index in [2.05, 4.69) is 137 Å². The first-order valence-electron chi connectivity index (χ1n) is 22.2. The van der Waals surface area contributed by atoms with Crippen LogP contribution < -0.4 is 0 Å². The lowest BCUT2D eigenvalue weighted by atomic mass is 9.97. The number of hydrogen-bond acceptors (Lipinski definition) is 2. The van der Waals surface area contributed by atoms with Crippen molar-refractivity contribution in [1.29, 1.82) is 0 Å². The van der Waals surface area contributed by atoms with E-state index in [-0.39, 0.29) is 0 Å². The summed E-state index contributed by atoms with van der Waals surface area (Å²) in [6, 6.07) is 72.9. The predicted octanol–water partition coefficient (Wildman–Crippen LogP) is 16.3. The van der Waals surface area contributed by atoms with Crippen LogP contribution in [0.25, 0.3) is 111 Å². The van der Waals surface area contributed by atoms with Gasteiger partial charge in [0, 0.05) is 49.4 Å². The van der Waals surface area contributed by atoms with E-state index in [4.69, 9.17) is 9.97 Å². The van der Waals surface area contributed by atoms with E-state index < -0.39 is 11.7 Å². The van der Waals surface area contributed by atoms with E-state index in [1.54, 1.807) is 6.92 Å². The maximum absolute atomic E-state index is 14.1. The monoisotopic (exact) mass is 872 g/mol. The molecule has 0 aliphatic heterocycles. The zero-order valence-corrected chi connectivity index (χ0v) is 36.2. The number of para-hydroxylation sites is 4. The molecule has 3 heterocycles. The Morgan fingerprint density at radius 1 is 0.358 bits per heavy atom. The van der Waals surface area contributed by atoms with Crippen LogP contribution in [0.3, 0.4) is 0 Å². The van der Waals surface area contributed by atoms with E-state index in [1.807, 2.05) is 78.9 Å². The Morgan fingerprint density at radius 3 is 1.45 bits per heavy atom. The lowest BCUT2D eigenvalue weighted by Gasteiger charge is -2.20. The van der Waals surface area contributed by atoms with Gasteiger partial charge in [-0.3, -0.25) is 0 Å². The van der Waals surface area contributed by atoms with Crippen molar-refractivity contribution in [3.63, 3.8) is 0 Å². The molecular weight excluding hydrogens is 834 g/mol. The van der Waals surface area contributed by atoms with Gasteiger partial charge in [-0.2, -0.15) is 13.2 Å². The average molecular weight is 873 g/mol. The van der Waals surface area contributed by atoms with Gasteiger partial charge in [0.2, 0.25) is 0 Å². The lowest BCUT2D eigenvalue weighted by Crippen LogP contribution is -2.05. The van der Waals surface area contributed by atoms with Crippen LogP contribution in [0, 0.1) is 6.92 Å². The first-order chi connectivity index (χ1) is 32.8. The number of rotatable bonds is 7. The van der Waals surface area contributed by atoms with Crippen molar-refractivity contribution in [2.24, 2.45) is 0 Å². The molecule has 0 bridgehead atoms. The summed E-state index contributed by atoms with van der Waals surface area (Å²) in [6.45, 7) is 1.71. The van der Waals surface area contributed by atoms with Crippen molar-refractivity contribution in [1.82, 2.24) is 19.1 Å². The molecule has 0 aliphatic carbocycles. The minimum Gasteiger partial charge on any atom is -0.309 e. The van der Waals surface area contributed by atoms with Crippen LogP contribution in [-0.4, -0.2) is 19.1 Å². The molecule has 3 aromatic heterocycles. The van der Waals surface area contributed by atoms with Crippen LogP contribution >= 0.6 is 0 Å². The fraction of sp³-hybridized carbons (Fsp3) is 0.0333. The van der Waals surface area contributed by atoms with Crippen molar-refractivity contribution >= 4 is 43.6 Å². The molecule has 4 nitrogen and oxygen atoms in total. The topological polar surface area (TPSA) is 35.6 Å².